The van der Waals surface area contributed by atoms with Gasteiger partial charge < -0.3 is 14.7 Å². The molecule has 0 aliphatic carbocycles. The SMILES string of the molecule is CCc1ccc(CN2Cc3cc(-c4ccc(N5CCN(C)CC5)nc4)cc(Cl)c3C2=O)cc1. The first-order chi connectivity index (χ1) is 16.0. The summed E-state index contributed by atoms with van der Waals surface area (Å²) >= 11 is 6.61. The number of piperazine rings is 1. The molecule has 0 radical (unpaired) electrons. The molecule has 5 rings (SSSR count). The molecule has 3 heterocycles. The maximum absolute atomic E-state index is 13.1. The number of likely N-dealkylation sites (N-methyl/N-ethyl adjacent to an activating group) is 1. The average Bonchev–Trinajstić information content (AvgIpc) is 3.15. The van der Waals surface area contributed by atoms with Crippen LogP contribution < -0.4 is 4.90 Å². The third-order valence-corrected chi connectivity index (χ3v) is 7.05. The zero-order valence-corrected chi connectivity index (χ0v) is 20.0. The number of rotatable bonds is 5. The van der Waals surface area contributed by atoms with Gasteiger partial charge >= 0.3 is 0 Å². The van der Waals surface area contributed by atoms with Gasteiger partial charge in [0, 0.05) is 51.0 Å². The van der Waals surface area contributed by atoms with E-state index in [1.165, 1.54) is 5.56 Å². The number of halogens is 1. The third kappa shape index (κ3) is 4.48. The van der Waals surface area contributed by atoms with Crippen LogP contribution in [0.4, 0.5) is 5.82 Å². The maximum atomic E-state index is 13.1. The van der Waals surface area contributed by atoms with E-state index in [1.807, 2.05) is 17.2 Å². The molecule has 5 nitrogen and oxygen atoms in total. The summed E-state index contributed by atoms with van der Waals surface area (Å²) < 4.78 is 0. The number of aryl methyl sites for hydroxylation is 1. The van der Waals surface area contributed by atoms with Crippen molar-refractivity contribution >= 4 is 23.3 Å². The van der Waals surface area contributed by atoms with Gasteiger partial charge in [-0.05, 0) is 60.0 Å². The van der Waals surface area contributed by atoms with E-state index in [9.17, 15) is 4.79 Å². The normalized spacial score (nSPS) is 16.4. The second kappa shape index (κ2) is 9.16. The van der Waals surface area contributed by atoms with Crippen LogP contribution in [0, 0.1) is 0 Å². The fraction of sp³-hybridized carbons (Fsp3) is 0.333. The molecule has 1 fully saturated rings. The molecule has 0 spiro atoms. The van der Waals surface area contributed by atoms with Crippen LogP contribution in [-0.2, 0) is 19.5 Å². The standard InChI is InChI=1S/C27H29ClN4O/c1-3-19-4-6-20(7-5-19)17-32-18-23-14-22(15-24(28)26(23)27(32)33)21-8-9-25(29-16-21)31-12-10-30(2)11-13-31/h4-9,14-16H,3,10-13,17-18H2,1-2H3. The molecule has 1 saturated heterocycles. The minimum absolute atomic E-state index is 0.00431. The summed E-state index contributed by atoms with van der Waals surface area (Å²) in [6, 6.07) is 16.6. The van der Waals surface area contributed by atoms with Gasteiger partial charge in [0.25, 0.3) is 5.91 Å². The Morgan fingerprint density at radius 1 is 0.939 bits per heavy atom. The van der Waals surface area contributed by atoms with Crippen molar-refractivity contribution in [3.8, 4) is 11.1 Å². The lowest BCUT2D eigenvalue weighted by molar-refractivity contribution is 0.0767. The molecular formula is C27H29ClN4O. The molecule has 3 aromatic rings. The first-order valence-corrected chi connectivity index (χ1v) is 12.0. The molecule has 6 heteroatoms. The predicted octanol–water partition coefficient (Wildman–Crippen LogP) is 4.87. The van der Waals surface area contributed by atoms with Gasteiger partial charge in [0.2, 0.25) is 0 Å². The summed E-state index contributed by atoms with van der Waals surface area (Å²) in [5.74, 6) is 1.01. The Morgan fingerprint density at radius 2 is 1.67 bits per heavy atom. The Hall–Kier alpha value is -2.89. The second-order valence-electron chi connectivity index (χ2n) is 9.02. The van der Waals surface area contributed by atoms with Gasteiger partial charge in [-0.15, -0.1) is 0 Å². The van der Waals surface area contributed by atoms with Gasteiger partial charge in [-0.25, -0.2) is 4.98 Å². The first-order valence-electron chi connectivity index (χ1n) is 11.6. The van der Waals surface area contributed by atoms with Crippen molar-refractivity contribution in [2.24, 2.45) is 0 Å². The number of amides is 1. The van der Waals surface area contributed by atoms with Gasteiger partial charge in [0.05, 0.1) is 10.6 Å². The summed E-state index contributed by atoms with van der Waals surface area (Å²) in [5.41, 5.74) is 6.06. The van der Waals surface area contributed by atoms with Crippen molar-refractivity contribution in [1.29, 1.82) is 0 Å². The summed E-state index contributed by atoms with van der Waals surface area (Å²) in [5, 5.41) is 0.513. The highest BCUT2D eigenvalue weighted by Gasteiger charge is 2.30. The van der Waals surface area contributed by atoms with Crippen LogP contribution in [0.25, 0.3) is 11.1 Å². The van der Waals surface area contributed by atoms with Crippen LogP contribution in [0.3, 0.4) is 0 Å². The Labute approximate surface area is 200 Å². The number of carbonyl (C=O) groups is 1. The van der Waals surface area contributed by atoms with E-state index < -0.39 is 0 Å². The van der Waals surface area contributed by atoms with Gasteiger partial charge in [0.15, 0.2) is 0 Å². The van der Waals surface area contributed by atoms with Gasteiger partial charge in [-0.1, -0.05) is 42.8 Å². The smallest absolute Gasteiger partial charge is 0.256 e. The molecule has 0 saturated carbocycles. The molecule has 0 unspecified atom stereocenters. The molecule has 2 aromatic carbocycles. The number of hydrogen-bond acceptors (Lipinski definition) is 4. The topological polar surface area (TPSA) is 39.7 Å². The monoisotopic (exact) mass is 460 g/mol. The average molecular weight is 461 g/mol. The molecule has 170 valence electrons. The number of benzene rings is 2. The molecule has 0 bridgehead atoms. The lowest BCUT2D eigenvalue weighted by Gasteiger charge is -2.33. The Bertz CT molecular complexity index is 1150. The summed E-state index contributed by atoms with van der Waals surface area (Å²) in [4.78, 5) is 24.3. The molecule has 0 atom stereocenters. The number of carbonyl (C=O) groups excluding carboxylic acids is 1. The molecule has 2 aliphatic rings. The predicted molar refractivity (Wildman–Crippen MR) is 134 cm³/mol. The molecule has 1 aromatic heterocycles. The molecule has 33 heavy (non-hydrogen) atoms. The second-order valence-corrected chi connectivity index (χ2v) is 9.43. The van der Waals surface area contributed by atoms with Crippen molar-refractivity contribution in [1.82, 2.24) is 14.8 Å². The van der Waals surface area contributed by atoms with Crippen molar-refractivity contribution in [3.63, 3.8) is 0 Å². The summed E-state index contributed by atoms with van der Waals surface area (Å²) in [6.45, 7) is 7.40. The number of aromatic nitrogens is 1. The Kier molecular flexibility index (Phi) is 6.09. The van der Waals surface area contributed by atoms with E-state index >= 15 is 0 Å². The fourth-order valence-electron chi connectivity index (χ4n) is 4.64. The Balaban J connectivity index is 1.34. The van der Waals surface area contributed by atoms with Crippen molar-refractivity contribution < 1.29 is 4.79 Å². The van der Waals surface area contributed by atoms with Crippen LogP contribution >= 0.6 is 11.6 Å². The van der Waals surface area contributed by atoms with Gasteiger partial charge in [-0.3, -0.25) is 4.79 Å². The molecule has 2 aliphatic heterocycles. The van der Waals surface area contributed by atoms with Crippen LogP contribution in [0.1, 0.15) is 34.0 Å². The highest BCUT2D eigenvalue weighted by atomic mass is 35.5. The van der Waals surface area contributed by atoms with E-state index in [0.29, 0.717) is 23.7 Å². The quantitative estimate of drug-likeness (QED) is 0.544. The van der Waals surface area contributed by atoms with Crippen LogP contribution in [0.5, 0.6) is 0 Å². The summed E-state index contributed by atoms with van der Waals surface area (Å²) in [7, 11) is 2.15. The minimum atomic E-state index is 0.00431. The highest BCUT2D eigenvalue weighted by molar-refractivity contribution is 6.34. The largest absolute Gasteiger partial charge is 0.354 e. The highest BCUT2D eigenvalue weighted by Crippen LogP contribution is 2.35. The van der Waals surface area contributed by atoms with E-state index in [1.54, 1.807) is 0 Å². The van der Waals surface area contributed by atoms with E-state index in [0.717, 1.165) is 60.7 Å². The van der Waals surface area contributed by atoms with E-state index in [2.05, 4.69) is 66.2 Å². The van der Waals surface area contributed by atoms with E-state index in [-0.39, 0.29) is 5.91 Å². The number of pyridine rings is 1. The van der Waals surface area contributed by atoms with Crippen molar-refractivity contribution in [2.45, 2.75) is 26.4 Å². The number of fused-ring (bicyclic) bond motifs is 1. The van der Waals surface area contributed by atoms with Crippen LogP contribution in [0.2, 0.25) is 5.02 Å². The first kappa shape index (κ1) is 21.9. The molecular weight excluding hydrogens is 432 g/mol. The third-order valence-electron chi connectivity index (χ3n) is 6.75. The number of nitrogens with zero attached hydrogens (tertiary/aromatic N) is 4. The fourth-order valence-corrected chi connectivity index (χ4v) is 4.96. The van der Waals surface area contributed by atoms with E-state index in [4.69, 9.17) is 16.6 Å². The van der Waals surface area contributed by atoms with Gasteiger partial charge in [0.1, 0.15) is 5.82 Å². The molecule has 0 N–H and O–H groups in total. The van der Waals surface area contributed by atoms with Crippen LogP contribution in [0.15, 0.2) is 54.7 Å². The van der Waals surface area contributed by atoms with Crippen molar-refractivity contribution in [2.75, 3.05) is 38.1 Å². The lowest BCUT2D eigenvalue weighted by atomic mass is 10.0. The lowest BCUT2D eigenvalue weighted by Crippen LogP contribution is -2.44. The zero-order valence-electron chi connectivity index (χ0n) is 19.2. The number of hydrogen-bond donors (Lipinski definition) is 0. The maximum Gasteiger partial charge on any atom is 0.256 e. The van der Waals surface area contributed by atoms with Gasteiger partial charge in [-0.2, -0.15) is 0 Å². The van der Waals surface area contributed by atoms with Crippen molar-refractivity contribution in [3.05, 3.63) is 82.0 Å². The zero-order chi connectivity index (χ0) is 22.9. The Morgan fingerprint density at radius 3 is 2.33 bits per heavy atom. The number of anilines is 1. The minimum Gasteiger partial charge on any atom is -0.354 e. The summed E-state index contributed by atoms with van der Waals surface area (Å²) in [6.07, 6.45) is 2.92. The molecule has 1 amide bonds. The van der Waals surface area contributed by atoms with Crippen LogP contribution in [-0.4, -0.2) is 53.9 Å².